The molecule has 0 radical (unpaired) electrons. The number of benzene rings is 2. The molecule has 0 bridgehead atoms. The largest absolute Gasteiger partial charge is 0.480 e. The van der Waals surface area contributed by atoms with Crippen LogP contribution in [0.1, 0.15) is 24.8 Å². The van der Waals surface area contributed by atoms with Gasteiger partial charge in [-0.15, -0.1) is 0 Å². The van der Waals surface area contributed by atoms with Crippen LogP contribution >= 0.6 is 0 Å². The van der Waals surface area contributed by atoms with Crippen LogP contribution in [0.4, 0.5) is 17.8 Å². The molecule has 1 spiro atoms. The molecule has 2 saturated heterocycles. The lowest BCUT2D eigenvalue weighted by Crippen LogP contribution is -2.42. The number of hydrogen-bond donors (Lipinski definition) is 4. The molecule has 5 N–H and O–H groups in total. The number of piperidine rings is 1. The van der Waals surface area contributed by atoms with E-state index >= 15 is 0 Å². The maximum Gasteiger partial charge on any atom is 0.320 e. The van der Waals surface area contributed by atoms with Gasteiger partial charge in [-0.1, -0.05) is 48.5 Å². The number of nitrogens with zero attached hydrogens (tertiary/aromatic N) is 4. The Labute approximate surface area is 198 Å². The molecule has 176 valence electrons. The van der Waals surface area contributed by atoms with Crippen LogP contribution in [0.5, 0.6) is 0 Å². The second-order valence-electron chi connectivity index (χ2n) is 9.20. The van der Waals surface area contributed by atoms with Crippen LogP contribution in [0.25, 0.3) is 11.1 Å². The highest BCUT2D eigenvalue weighted by atomic mass is 16.4. The van der Waals surface area contributed by atoms with Crippen molar-refractivity contribution in [3.8, 4) is 11.1 Å². The molecule has 0 saturated carbocycles. The highest BCUT2D eigenvalue weighted by Crippen LogP contribution is 2.40. The SMILES string of the molecule is Nc1nc(NCc2cccc(-c3ccccc3)c2)nc(N2CCC3(CC2)CNC(C(=O)O)C3)n1. The number of aliphatic carboxylic acids is 1. The first-order valence-corrected chi connectivity index (χ1v) is 11.6. The minimum atomic E-state index is -0.769. The molecule has 1 atom stereocenters. The molecule has 2 fully saturated rings. The normalized spacial score (nSPS) is 19.3. The molecule has 1 aromatic heterocycles. The van der Waals surface area contributed by atoms with Gasteiger partial charge in [-0.3, -0.25) is 4.79 Å². The first-order valence-electron chi connectivity index (χ1n) is 11.6. The molecule has 1 unspecified atom stereocenters. The van der Waals surface area contributed by atoms with Crippen LogP contribution in [0.2, 0.25) is 0 Å². The van der Waals surface area contributed by atoms with E-state index in [1.807, 2.05) is 24.3 Å². The first-order chi connectivity index (χ1) is 16.5. The summed E-state index contributed by atoms with van der Waals surface area (Å²) in [5.41, 5.74) is 9.47. The van der Waals surface area contributed by atoms with Gasteiger partial charge in [0.1, 0.15) is 6.04 Å². The molecule has 2 aliphatic heterocycles. The van der Waals surface area contributed by atoms with Gasteiger partial charge >= 0.3 is 5.97 Å². The lowest BCUT2D eigenvalue weighted by molar-refractivity contribution is -0.139. The monoisotopic (exact) mass is 459 g/mol. The molecule has 9 nitrogen and oxygen atoms in total. The van der Waals surface area contributed by atoms with Crippen molar-refractivity contribution in [1.82, 2.24) is 20.3 Å². The Balaban J connectivity index is 1.23. The van der Waals surface area contributed by atoms with E-state index in [9.17, 15) is 9.90 Å². The summed E-state index contributed by atoms with van der Waals surface area (Å²) < 4.78 is 0. The number of carbonyl (C=O) groups is 1. The Bertz CT molecular complexity index is 1160. The van der Waals surface area contributed by atoms with Gasteiger partial charge in [0.25, 0.3) is 0 Å². The number of nitrogen functional groups attached to an aromatic ring is 1. The molecule has 3 heterocycles. The zero-order valence-electron chi connectivity index (χ0n) is 18.9. The molecule has 5 rings (SSSR count). The summed E-state index contributed by atoms with van der Waals surface area (Å²) in [7, 11) is 0. The predicted octanol–water partition coefficient (Wildman–Crippen LogP) is 2.77. The van der Waals surface area contributed by atoms with Crippen molar-refractivity contribution in [2.45, 2.75) is 31.8 Å². The topological polar surface area (TPSA) is 129 Å². The number of hydrogen-bond acceptors (Lipinski definition) is 8. The zero-order chi connectivity index (χ0) is 23.5. The molecule has 3 aromatic rings. The van der Waals surface area contributed by atoms with Gasteiger partial charge in [0, 0.05) is 26.2 Å². The first kappa shape index (κ1) is 22.1. The summed E-state index contributed by atoms with van der Waals surface area (Å²) in [5, 5.41) is 15.7. The van der Waals surface area contributed by atoms with E-state index in [1.54, 1.807) is 0 Å². The third-order valence-electron chi connectivity index (χ3n) is 6.89. The molecule has 0 amide bonds. The van der Waals surface area contributed by atoms with E-state index in [4.69, 9.17) is 5.73 Å². The van der Waals surface area contributed by atoms with E-state index < -0.39 is 12.0 Å². The van der Waals surface area contributed by atoms with Gasteiger partial charge in [-0.2, -0.15) is 15.0 Å². The third-order valence-corrected chi connectivity index (χ3v) is 6.89. The van der Waals surface area contributed by atoms with Crippen LogP contribution in [0, 0.1) is 5.41 Å². The predicted molar refractivity (Wildman–Crippen MR) is 131 cm³/mol. The van der Waals surface area contributed by atoms with E-state index in [0.717, 1.165) is 43.6 Å². The Hall–Kier alpha value is -3.72. The van der Waals surface area contributed by atoms with Crippen molar-refractivity contribution in [3.63, 3.8) is 0 Å². The Morgan fingerprint density at radius 1 is 1.09 bits per heavy atom. The molecular formula is C25H29N7O2. The average Bonchev–Trinajstić information content (AvgIpc) is 3.27. The van der Waals surface area contributed by atoms with Gasteiger partial charge in [-0.25, -0.2) is 0 Å². The summed E-state index contributed by atoms with van der Waals surface area (Å²) >= 11 is 0. The fourth-order valence-electron chi connectivity index (χ4n) is 4.93. The van der Waals surface area contributed by atoms with E-state index in [0.29, 0.717) is 24.9 Å². The fourth-order valence-corrected chi connectivity index (χ4v) is 4.93. The highest BCUT2D eigenvalue weighted by molar-refractivity contribution is 5.74. The maximum absolute atomic E-state index is 11.3. The molecule has 2 aromatic carbocycles. The minimum Gasteiger partial charge on any atom is -0.480 e. The van der Waals surface area contributed by atoms with Crippen molar-refractivity contribution in [1.29, 1.82) is 0 Å². The molecule has 2 aliphatic rings. The van der Waals surface area contributed by atoms with Gasteiger partial charge in [0.2, 0.25) is 17.8 Å². The number of aromatic nitrogens is 3. The Kier molecular flexibility index (Phi) is 6.02. The van der Waals surface area contributed by atoms with Crippen LogP contribution in [0.15, 0.2) is 54.6 Å². The van der Waals surface area contributed by atoms with Crippen molar-refractivity contribution in [2.24, 2.45) is 5.41 Å². The Morgan fingerprint density at radius 3 is 2.59 bits per heavy atom. The smallest absolute Gasteiger partial charge is 0.320 e. The summed E-state index contributed by atoms with van der Waals surface area (Å²) in [6, 6.07) is 18.2. The Morgan fingerprint density at radius 2 is 1.85 bits per heavy atom. The van der Waals surface area contributed by atoms with Crippen LogP contribution in [-0.4, -0.2) is 51.7 Å². The lowest BCUT2D eigenvalue weighted by atomic mass is 9.76. The van der Waals surface area contributed by atoms with Gasteiger partial charge in [0.15, 0.2) is 0 Å². The number of nitrogens with one attached hydrogen (secondary N) is 2. The number of anilines is 3. The number of carboxylic acids is 1. The summed E-state index contributed by atoms with van der Waals surface area (Å²) in [4.78, 5) is 26.7. The van der Waals surface area contributed by atoms with Crippen LogP contribution < -0.4 is 21.3 Å². The van der Waals surface area contributed by atoms with E-state index in [2.05, 4.69) is 60.8 Å². The quantitative estimate of drug-likeness (QED) is 0.440. The van der Waals surface area contributed by atoms with Crippen molar-refractivity contribution in [2.75, 3.05) is 35.6 Å². The number of rotatable bonds is 6. The van der Waals surface area contributed by atoms with Crippen LogP contribution in [0.3, 0.4) is 0 Å². The van der Waals surface area contributed by atoms with Crippen molar-refractivity contribution in [3.05, 3.63) is 60.2 Å². The number of nitrogens with two attached hydrogens (primary N) is 1. The lowest BCUT2D eigenvalue weighted by Gasteiger charge is -2.38. The summed E-state index contributed by atoms with van der Waals surface area (Å²) in [5.74, 6) is 0.416. The van der Waals surface area contributed by atoms with Gasteiger partial charge in [0.05, 0.1) is 0 Å². The second-order valence-corrected chi connectivity index (χ2v) is 9.20. The molecule has 0 aliphatic carbocycles. The van der Waals surface area contributed by atoms with Gasteiger partial charge < -0.3 is 26.4 Å². The van der Waals surface area contributed by atoms with Crippen molar-refractivity contribution >= 4 is 23.8 Å². The summed E-state index contributed by atoms with van der Waals surface area (Å²) in [6.07, 6.45) is 2.46. The van der Waals surface area contributed by atoms with Crippen LogP contribution in [-0.2, 0) is 11.3 Å². The standard InChI is InChI=1S/C25H29N7O2/c26-22-29-23(27-15-17-5-4-8-19(13-17)18-6-2-1-3-7-18)31-24(30-22)32-11-9-25(10-12-32)14-20(21(33)34)28-16-25/h1-8,13,20,28H,9-12,14-16H2,(H,33,34)(H3,26,27,29,30,31). The van der Waals surface area contributed by atoms with E-state index in [1.165, 1.54) is 5.56 Å². The highest BCUT2D eigenvalue weighted by Gasteiger charge is 2.43. The molecular weight excluding hydrogens is 430 g/mol. The average molecular weight is 460 g/mol. The minimum absolute atomic E-state index is 0.0307. The fraction of sp³-hybridized carbons (Fsp3) is 0.360. The molecule has 34 heavy (non-hydrogen) atoms. The van der Waals surface area contributed by atoms with E-state index in [-0.39, 0.29) is 11.4 Å². The second kappa shape index (κ2) is 9.26. The van der Waals surface area contributed by atoms with Gasteiger partial charge in [-0.05, 0) is 47.4 Å². The third kappa shape index (κ3) is 4.79. The van der Waals surface area contributed by atoms with Crippen molar-refractivity contribution < 1.29 is 9.90 Å². The summed E-state index contributed by atoms with van der Waals surface area (Å²) in [6.45, 7) is 2.83. The molecule has 9 heteroatoms. The maximum atomic E-state index is 11.3. The number of carboxylic acid groups (broad SMARTS) is 1. The zero-order valence-corrected chi connectivity index (χ0v) is 18.9.